The summed E-state index contributed by atoms with van der Waals surface area (Å²) in [5, 5.41) is 0.771. The highest BCUT2D eigenvalue weighted by atomic mass is 32.2. The fraction of sp³-hybridized carbons (Fsp3) is 0.280. The third-order valence-electron chi connectivity index (χ3n) is 5.40. The summed E-state index contributed by atoms with van der Waals surface area (Å²) < 4.78 is 36.9. The van der Waals surface area contributed by atoms with Crippen LogP contribution in [-0.2, 0) is 30.9 Å². The fourth-order valence-corrected chi connectivity index (χ4v) is 4.64. The molecule has 0 amide bonds. The number of aromatic nitrogens is 1. The number of para-hydroxylation sites is 1. The van der Waals surface area contributed by atoms with Crippen LogP contribution in [0.4, 0.5) is 0 Å². The van der Waals surface area contributed by atoms with Crippen molar-refractivity contribution in [2.45, 2.75) is 32.3 Å². The predicted octanol–water partition coefficient (Wildman–Crippen LogP) is 3.29. The van der Waals surface area contributed by atoms with E-state index in [-0.39, 0.29) is 35.1 Å². The molecule has 0 atom stereocenters. The van der Waals surface area contributed by atoms with E-state index in [0.29, 0.717) is 16.6 Å². The predicted molar refractivity (Wildman–Crippen MR) is 128 cm³/mol. The van der Waals surface area contributed by atoms with Gasteiger partial charge < -0.3 is 9.47 Å². The van der Waals surface area contributed by atoms with Gasteiger partial charge in [-0.3, -0.25) is 9.59 Å². The lowest BCUT2D eigenvalue weighted by Gasteiger charge is -2.17. The van der Waals surface area contributed by atoms with Gasteiger partial charge in [-0.2, -0.15) is 4.31 Å². The number of carbonyl (C=O) groups is 3. The van der Waals surface area contributed by atoms with Gasteiger partial charge in [-0.25, -0.2) is 18.2 Å². The lowest BCUT2D eigenvalue weighted by atomic mass is 10.0. The highest BCUT2D eigenvalue weighted by Crippen LogP contribution is 2.24. The van der Waals surface area contributed by atoms with Crippen molar-refractivity contribution in [1.29, 1.82) is 0 Å². The van der Waals surface area contributed by atoms with Crippen LogP contribution in [0.2, 0.25) is 0 Å². The van der Waals surface area contributed by atoms with Gasteiger partial charge in [0.15, 0.2) is 5.78 Å². The van der Waals surface area contributed by atoms with Crippen LogP contribution in [0.25, 0.3) is 10.9 Å². The molecular formula is C25H26N2O7S. The maximum Gasteiger partial charge on any atom is 0.340 e. The molecule has 0 aliphatic rings. The molecule has 0 N–H and O–H groups in total. The summed E-state index contributed by atoms with van der Waals surface area (Å²) in [5.41, 5.74) is 2.08. The van der Waals surface area contributed by atoms with Crippen LogP contribution < -0.4 is 0 Å². The summed E-state index contributed by atoms with van der Waals surface area (Å²) in [5.74, 6) is -1.59. The highest BCUT2D eigenvalue weighted by molar-refractivity contribution is 7.89. The van der Waals surface area contributed by atoms with Gasteiger partial charge in [-0.05, 0) is 44.5 Å². The smallest absolute Gasteiger partial charge is 0.340 e. The van der Waals surface area contributed by atoms with E-state index in [1.54, 1.807) is 26.0 Å². The lowest BCUT2D eigenvalue weighted by molar-refractivity contribution is -0.145. The molecule has 10 heteroatoms. The Morgan fingerprint density at radius 3 is 2.29 bits per heavy atom. The van der Waals surface area contributed by atoms with Crippen molar-refractivity contribution in [3.8, 4) is 0 Å². The van der Waals surface area contributed by atoms with Crippen LogP contribution >= 0.6 is 0 Å². The van der Waals surface area contributed by atoms with Crippen LogP contribution in [-0.4, -0.2) is 55.6 Å². The first-order chi connectivity index (χ1) is 16.6. The number of ether oxygens (including phenoxy) is 2. The second kappa shape index (κ2) is 10.7. The van der Waals surface area contributed by atoms with E-state index in [1.807, 2.05) is 12.1 Å². The number of aryl methyl sites for hydroxylation is 1. The number of ketones is 1. The standard InChI is InChI=1S/C25H26N2O7S/c1-5-33-25(30)24-16(2)20-8-6-7-9-21(20)26-22(24)15-34-23(29)14-27(4)35(31,32)19-12-10-18(11-13-19)17(3)28/h6-13H,5,14-15H2,1-4H3. The second-order valence-electron chi connectivity index (χ2n) is 7.80. The lowest BCUT2D eigenvalue weighted by Crippen LogP contribution is -2.33. The zero-order valence-corrected chi connectivity index (χ0v) is 20.7. The number of fused-ring (bicyclic) bond motifs is 1. The summed E-state index contributed by atoms with van der Waals surface area (Å²) in [6.07, 6.45) is 0. The van der Waals surface area contributed by atoms with E-state index in [2.05, 4.69) is 4.98 Å². The van der Waals surface area contributed by atoms with Crippen molar-refractivity contribution >= 4 is 38.6 Å². The Morgan fingerprint density at radius 2 is 1.66 bits per heavy atom. The molecular weight excluding hydrogens is 472 g/mol. The number of pyridine rings is 1. The van der Waals surface area contributed by atoms with Gasteiger partial charge in [0.2, 0.25) is 10.0 Å². The van der Waals surface area contributed by atoms with Crippen molar-refractivity contribution < 1.29 is 32.3 Å². The summed E-state index contributed by atoms with van der Waals surface area (Å²) in [7, 11) is -2.74. The molecule has 3 rings (SSSR count). The van der Waals surface area contributed by atoms with Crippen molar-refractivity contribution in [2.75, 3.05) is 20.2 Å². The quantitative estimate of drug-likeness (QED) is 0.326. The molecule has 0 unspecified atom stereocenters. The van der Waals surface area contributed by atoms with Crippen molar-refractivity contribution in [3.63, 3.8) is 0 Å². The average Bonchev–Trinajstić information content (AvgIpc) is 2.82. The molecule has 184 valence electrons. The van der Waals surface area contributed by atoms with Gasteiger partial charge in [0.25, 0.3) is 0 Å². The first-order valence-corrected chi connectivity index (χ1v) is 12.3. The number of carbonyl (C=O) groups excluding carboxylic acids is 3. The molecule has 9 nitrogen and oxygen atoms in total. The van der Waals surface area contributed by atoms with Crippen LogP contribution in [0.1, 0.15) is 45.8 Å². The molecule has 0 radical (unpaired) electrons. The SMILES string of the molecule is CCOC(=O)c1c(COC(=O)CN(C)S(=O)(=O)c2ccc(C(C)=O)cc2)nc2ccccc2c1C. The Hall–Kier alpha value is -3.63. The van der Waals surface area contributed by atoms with Gasteiger partial charge in [-0.15, -0.1) is 0 Å². The number of benzene rings is 2. The highest BCUT2D eigenvalue weighted by Gasteiger charge is 2.25. The third kappa shape index (κ3) is 5.72. The van der Waals surface area contributed by atoms with Crippen LogP contribution in [0.5, 0.6) is 0 Å². The zero-order chi connectivity index (χ0) is 25.8. The molecule has 1 heterocycles. The zero-order valence-electron chi connectivity index (χ0n) is 19.9. The van der Waals surface area contributed by atoms with Gasteiger partial charge >= 0.3 is 11.9 Å². The summed E-state index contributed by atoms with van der Waals surface area (Å²) in [4.78, 5) is 40.9. The molecule has 0 fully saturated rings. The molecule has 0 spiro atoms. The Balaban J connectivity index is 1.77. The Morgan fingerprint density at radius 1 is 1.00 bits per heavy atom. The van der Waals surface area contributed by atoms with Gasteiger partial charge in [0.05, 0.1) is 28.3 Å². The maximum atomic E-state index is 12.8. The first-order valence-electron chi connectivity index (χ1n) is 10.8. The fourth-order valence-electron chi connectivity index (χ4n) is 3.52. The number of sulfonamides is 1. The molecule has 1 aromatic heterocycles. The molecule has 35 heavy (non-hydrogen) atoms. The number of likely N-dealkylation sites (N-methyl/N-ethyl adjacent to an activating group) is 1. The molecule has 2 aromatic carbocycles. The van der Waals surface area contributed by atoms with Crippen molar-refractivity contribution in [2.24, 2.45) is 0 Å². The van der Waals surface area contributed by atoms with Gasteiger partial charge in [-0.1, -0.05) is 30.3 Å². The van der Waals surface area contributed by atoms with Crippen LogP contribution in [0.3, 0.4) is 0 Å². The largest absolute Gasteiger partial charge is 0.462 e. The molecule has 0 aliphatic carbocycles. The number of hydrogen-bond acceptors (Lipinski definition) is 8. The average molecular weight is 499 g/mol. The topological polar surface area (TPSA) is 120 Å². The Kier molecular flexibility index (Phi) is 7.98. The molecule has 0 saturated carbocycles. The van der Waals surface area contributed by atoms with E-state index in [0.717, 1.165) is 9.69 Å². The van der Waals surface area contributed by atoms with Crippen LogP contribution in [0.15, 0.2) is 53.4 Å². The molecule has 0 aliphatic heterocycles. The monoisotopic (exact) mass is 498 g/mol. The normalized spacial score (nSPS) is 11.5. The maximum absolute atomic E-state index is 12.8. The first kappa shape index (κ1) is 26.0. The Bertz CT molecular complexity index is 1380. The van der Waals surface area contributed by atoms with E-state index in [4.69, 9.17) is 9.47 Å². The summed E-state index contributed by atoms with van der Waals surface area (Å²) >= 11 is 0. The van der Waals surface area contributed by atoms with E-state index in [1.165, 1.54) is 38.2 Å². The van der Waals surface area contributed by atoms with Gasteiger partial charge in [0.1, 0.15) is 13.2 Å². The number of rotatable bonds is 9. The minimum atomic E-state index is -3.99. The number of hydrogen-bond donors (Lipinski definition) is 0. The van der Waals surface area contributed by atoms with Crippen molar-refractivity contribution in [3.05, 3.63) is 70.9 Å². The third-order valence-corrected chi connectivity index (χ3v) is 7.21. The molecule has 0 saturated heterocycles. The van der Waals surface area contributed by atoms with Gasteiger partial charge in [0, 0.05) is 18.0 Å². The molecule has 0 bridgehead atoms. The summed E-state index contributed by atoms with van der Waals surface area (Å²) in [6.45, 7) is 4.11. The number of Topliss-reactive ketones (excluding diaryl/α,β-unsaturated/α-hetero) is 1. The second-order valence-corrected chi connectivity index (χ2v) is 9.84. The number of nitrogens with zero attached hydrogens (tertiary/aromatic N) is 2. The number of esters is 2. The molecule has 3 aromatic rings. The van der Waals surface area contributed by atoms with E-state index >= 15 is 0 Å². The van der Waals surface area contributed by atoms with E-state index in [9.17, 15) is 22.8 Å². The Labute approximate surface area is 203 Å². The minimum Gasteiger partial charge on any atom is -0.462 e. The van der Waals surface area contributed by atoms with Crippen LogP contribution in [0, 0.1) is 6.92 Å². The van der Waals surface area contributed by atoms with E-state index < -0.39 is 28.5 Å². The summed E-state index contributed by atoms with van der Waals surface area (Å²) in [6, 6.07) is 12.7. The van der Waals surface area contributed by atoms with Crippen molar-refractivity contribution in [1.82, 2.24) is 9.29 Å². The minimum absolute atomic E-state index is 0.0609.